The van der Waals surface area contributed by atoms with Crippen molar-refractivity contribution < 1.29 is 9.53 Å². The van der Waals surface area contributed by atoms with Gasteiger partial charge in [-0.3, -0.25) is 0 Å². The van der Waals surface area contributed by atoms with Gasteiger partial charge in [0.05, 0.1) is 5.69 Å². The SMILES string of the molecule is Cc1cc(N)nc(C=CCNC(=O)OCC2c3ccccc3-c3ccccc32)c1. The Bertz CT molecular complexity index is 1010. The summed E-state index contributed by atoms with van der Waals surface area (Å²) in [5, 5.41) is 2.75. The average Bonchev–Trinajstić information content (AvgIpc) is 3.03. The Morgan fingerprint density at radius 1 is 1.10 bits per heavy atom. The monoisotopic (exact) mass is 385 g/mol. The molecule has 29 heavy (non-hydrogen) atoms. The van der Waals surface area contributed by atoms with Crippen LogP contribution < -0.4 is 11.1 Å². The Hall–Kier alpha value is -3.60. The van der Waals surface area contributed by atoms with E-state index in [-0.39, 0.29) is 5.92 Å². The molecule has 5 heteroatoms. The molecule has 0 fully saturated rings. The van der Waals surface area contributed by atoms with Crippen LogP contribution >= 0.6 is 0 Å². The number of ether oxygens (including phenoxy) is 1. The standard InChI is InChI=1S/C24H23N3O2/c1-16-13-17(27-23(25)14-16)7-6-12-26-24(28)29-15-22-20-10-4-2-8-18(20)19-9-3-5-11-21(19)22/h2-11,13-14,22H,12,15H2,1H3,(H2,25,27)(H,26,28). The number of alkyl carbamates (subject to hydrolysis) is 1. The van der Waals surface area contributed by atoms with E-state index >= 15 is 0 Å². The predicted molar refractivity (Wildman–Crippen MR) is 115 cm³/mol. The maximum absolute atomic E-state index is 12.1. The number of hydrogen-bond acceptors (Lipinski definition) is 4. The van der Waals surface area contributed by atoms with E-state index in [1.165, 1.54) is 22.3 Å². The van der Waals surface area contributed by atoms with Crippen molar-refractivity contribution in [1.82, 2.24) is 10.3 Å². The number of carbonyl (C=O) groups is 1. The summed E-state index contributed by atoms with van der Waals surface area (Å²) in [5.74, 6) is 0.539. The molecule has 0 unspecified atom stereocenters. The van der Waals surface area contributed by atoms with E-state index in [2.05, 4.69) is 34.6 Å². The zero-order valence-corrected chi connectivity index (χ0v) is 16.3. The topological polar surface area (TPSA) is 77.2 Å². The fraction of sp³-hybridized carbons (Fsp3) is 0.167. The molecule has 4 rings (SSSR count). The van der Waals surface area contributed by atoms with E-state index in [9.17, 15) is 4.79 Å². The average molecular weight is 385 g/mol. The van der Waals surface area contributed by atoms with Crippen LogP contribution in [0, 0.1) is 6.92 Å². The highest BCUT2D eigenvalue weighted by molar-refractivity contribution is 5.79. The van der Waals surface area contributed by atoms with E-state index in [4.69, 9.17) is 10.5 Å². The first-order valence-corrected chi connectivity index (χ1v) is 9.61. The van der Waals surface area contributed by atoms with Crippen LogP contribution in [0.25, 0.3) is 17.2 Å². The van der Waals surface area contributed by atoms with Crippen LogP contribution in [0.15, 0.2) is 66.7 Å². The van der Waals surface area contributed by atoms with Crippen LogP contribution in [0.1, 0.15) is 28.3 Å². The Morgan fingerprint density at radius 3 is 2.41 bits per heavy atom. The fourth-order valence-corrected chi connectivity index (χ4v) is 3.78. The first-order chi connectivity index (χ1) is 14.1. The molecule has 0 radical (unpaired) electrons. The lowest BCUT2D eigenvalue weighted by atomic mass is 9.98. The summed E-state index contributed by atoms with van der Waals surface area (Å²) in [4.78, 5) is 16.4. The molecular formula is C24H23N3O2. The molecule has 0 aliphatic heterocycles. The minimum absolute atomic E-state index is 0.0585. The fourth-order valence-electron chi connectivity index (χ4n) is 3.78. The largest absolute Gasteiger partial charge is 0.449 e. The van der Waals surface area contributed by atoms with Gasteiger partial charge >= 0.3 is 6.09 Å². The van der Waals surface area contributed by atoms with Crippen LogP contribution in [-0.4, -0.2) is 24.2 Å². The van der Waals surface area contributed by atoms with Gasteiger partial charge in [0.25, 0.3) is 0 Å². The maximum Gasteiger partial charge on any atom is 0.407 e. The molecule has 1 aliphatic carbocycles. The number of benzene rings is 2. The van der Waals surface area contributed by atoms with Crippen molar-refractivity contribution >= 4 is 18.0 Å². The number of fused-ring (bicyclic) bond motifs is 3. The van der Waals surface area contributed by atoms with Crippen LogP contribution in [-0.2, 0) is 4.74 Å². The van der Waals surface area contributed by atoms with Gasteiger partial charge in [-0.2, -0.15) is 0 Å². The molecule has 146 valence electrons. The van der Waals surface area contributed by atoms with E-state index in [1.807, 2.05) is 55.5 Å². The number of aryl methyl sites for hydroxylation is 1. The normalized spacial score (nSPS) is 12.6. The van der Waals surface area contributed by atoms with Crippen LogP contribution in [0.2, 0.25) is 0 Å². The van der Waals surface area contributed by atoms with E-state index < -0.39 is 6.09 Å². The minimum atomic E-state index is -0.437. The van der Waals surface area contributed by atoms with E-state index in [0.717, 1.165) is 11.3 Å². The number of pyridine rings is 1. The molecule has 0 saturated carbocycles. The third kappa shape index (κ3) is 4.14. The van der Waals surface area contributed by atoms with Crippen LogP contribution in [0.3, 0.4) is 0 Å². The van der Waals surface area contributed by atoms with E-state index in [0.29, 0.717) is 19.0 Å². The minimum Gasteiger partial charge on any atom is -0.449 e. The summed E-state index contributed by atoms with van der Waals surface area (Å²) in [6, 6.07) is 20.3. The predicted octanol–water partition coefficient (Wildman–Crippen LogP) is 4.52. The Balaban J connectivity index is 1.34. The number of carbonyl (C=O) groups excluding carboxylic acids is 1. The van der Waals surface area contributed by atoms with Crippen molar-refractivity contribution in [3.8, 4) is 11.1 Å². The smallest absolute Gasteiger partial charge is 0.407 e. The first-order valence-electron chi connectivity index (χ1n) is 9.61. The molecule has 2 aromatic carbocycles. The molecule has 3 aromatic rings. The highest BCUT2D eigenvalue weighted by Crippen LogP contribution is 2.44. The van der Waals surface area contributed by atoms with Crippen molar-refractivity contribution in [2.24, 2.45) is 0 Å². The van der Waals surface area contributed by atoms with Gasteiger partial charge in [0.2, 0.25) is 0 Å². The van der Waals surface area contributed by atoms with Gasteiger partial charge in [-0.1, -0.05) is 54.6 Å². The Morgan fingerprint density at radius 2 is 1.76 bits per heavy atom. The first kappa shape index (κ1) is 18.7. The number of hydrogen-bond donors (Lipinski definition) is 2. The second kappa shape index (κ2) is 8.19. The molecule has 0 spiro atoms. The maximum atomic E-state index is 12.1. The zero-order chi connectivity index (χ0) is 20.2. The van der Waals surface area contributed by atoms with Gasteiger partial charge in [0.1, 0.15) is 12.4 Å². The lowest BCUT2D eigenvalue weighted by Crippen LogP contribution is -2.26. The lowest BCUT2D eigenvalue weighted by molar-refractivity contribution is 0.144. The highest BCUT2D eigenvalue weighted by atomic mass is 16.5. The third-order valence-electron chi connectivity index (χ3n) is 5.01. The van der Waals surface area contributed by atoms with Gasteiger partial charge < -0.3 is 15.8 Å². The summed E-state index contributed by atoms with van der Waals surface area (Å²) >= 11 is 0. The quantitative estimate of drug-likeness (QED) is 0.677. The zero-order valence-electron chi connectivity index (χ0n) is 16.3. The molecule has 1 aliphatic rings. The molecule has 5 nitrogen and oxygen atoms in total. The number of amides is 1. The van der Waals surface area contributed by atoms with Gasteiger partial charge in [-0.25, -0.2) is 9.78 Å². The molecule has 1 heterocycles. The Kier molecular flexibility index (Phi) is 5.29. The van der Waals surface area contributed by atoms with Crippen molar-refractivity contribution in [2.75, 3.05) is 18.9 Å². The molecule has 0 atom stereocenters. The summed E-state index contributed by atoms with van der Waals surface area (Å²) in [6.07, 6.45) is 3.21. The number of rotatable bonds is 5. The van der Waals surface area contributed by atoms with Crippen molar-refractivity contribution in [1.29, 1.82) is 0 Å². The van der Waals surface area contributed by atoms with Crippen molar-refractivity contribution in [3.63, 3.8) is 0 Å². The van der Waals surface area contributed by atoms with E-state index in [1.54, 1.807) is 0 Å². The van der Waals surface area contributed by atoms with Crippen molar-refractivity contribution in [2.45, 2.75) is 12.8 Å². The van der Waals surface area contributed by atoms with Gasteiger partial charge in [-0.15, -0.1) is 0 Å². The molecule has 3 N–H and O–H groups in total. The highest BCUT2D eigenvalue weighted by Gasteiger charge is 2.28. The number of anilines is 1. The lowest BCUT2D eigenvalue weighted by Gasteiger charge is -2.14. The Labute approximate surface area is 170 Å². The van der Waals surface area contributed by atoms with Crippen molar-refractivity contribution in [3.05, 3.63) is 89.1 Å². The summed E-state index contributed by atoms with van der Waals surface area (Å²) < 4.78 is 5.51. The number of nitrogen functional groups attached to an aromatic ring is 1. The molecule has 1 aromatic heterocycles. The number of aromatic nitrogens is 1. The summed E-state index contributed by atoms with van der Waals surface area (Å²) in [7, 11) is 0. The number of nitrogens with one attached hydrogen (secondary N) is 1. The molecule has 0 saturated heterocycles. The molecular weight excluding hydrogens is 362 g/mol. The summed E-state index contributed by atoms with van der Waals surface area (Å²) in [6.45, 7) is 2.62. The second-order valence-electron chi connectivity index (χ2n) is 7.10. The number of nitrogens with two attached hydrogens (primary N) is 1. The number of nitrogens with zero attached hydrogens (tertiary/aromatic N) is 1. The van der Waals surface area contributed by atoms with Crippen LogP contribution in [0.4, 0.5) is 10.6 Å². The third-order valence-corrected chi connectivity index (χ3v) is 5.01. The van der Waals surface area contributed by atoms with Gasteiger partial charge in [0, 0.05) is 12.5 Å². The second-order valence-corrected chi connectivity index (χ2v) is 7.10. The van der Waals surface area contributed by atoms with Gasteiger partial charge in [0.15, 0.2) is 0 Å². The molecule has 1 amide bonds. The molecule has 0 bridgehead atoms. The van der Waals surface area contributed by atoms with Crippen LogP contribution in [0.5, 0.6) is 0 Å². The van der Waals surface area contributed by atoms with Gasteiger partial charge in [-0.05, 0) is 52.9 Å². The summed E-state index contributed by atoms with van der Waals surface area (Å²) in [5.41, 5.74) is 12.4.